The van der Waals surface area contributed by atoms with Crippen LogP contribution >= 0.6 is 0 Å². The third-order valence-corrected chi connectivity index (χ3v) is 8.70. The Morgan fingerprint density at radius 1 is 0.973 bits per heavy atom. The molecule has 0 bridgehead atoms. The molecule has 0 saturated heterocycles. The van der Waals surface area contributed by atoms with Crippen molar-refractivity contribution in [3.63, 3.8) is 0 Å². The molecule has 0 radical (unpaired) electrons. The number of ether oxygens (including phenoxy) is 2. The van der Waals surface area contributed by atoms with Crippen LogP contribution in [-0.4, -0.2) is 34.6 Å². The number of benzene rings is 2. The highest BCUT2D eigenvalue weighted by atomic mass is 16.5. The summed E-state index contributed by atoms with van der Waals surface area (Å²) in [5.74, 6) is 1.39. The molecular formula is C31H36N2O4. The number of aromatic nitrogens is 2. The number of rotatable bonds is 10. The number of carboxylic acids is 1. The summed E-state index contributed by atoms with van der Waals surface area (Å²) < 4.78 is 14.3. The average molecular weight is 501 g/mol. The van der Waals surface area contributed by atoms with E-state index in [1.165, 1.54) is 25.7 Å². The SMILES string of the molecule is COc1ccc(-c2cc([C@]3(OCC4CC4)CC[C@@](C(=O)O)(c4ccccc4)CC3)nn2CC2CC2)cc1. The van der Waals surface area contributed by atoms with Crippen molar-refractivity contribution in [2.75, 3.05) is 13.7 Å². The van der Waals surface area contributed by atoms with Gasteiger partial charge in [-0.05, 0) is 99.1 Å². The summed E-state index contributed by atoms with van der Waals surface area (Å²) >= 11 is 0. The molecule has 3 aliphatic rings. The Kier molecular flexibility index (Phi) is 6.31. The summed E-state index contributed by atoms with van der Waals surface area (Å²) in [6.45, 7) is 1.63. The minimum atomic E-state index is -0.886. The van der Waals surface area contributed by atoms with E-state index in [1.54, 1.807) is 7.11 Å². The predicted octanol–water partition coefficient (Wildman–Crippen LogP) is 6.19. The van der Waals surface area contributed by atoms with Gasteiger partial charge in [-0.15, -0.1) is 0 Å². The lowest BCUT2D eigenvalue weighted by Crippen LogP contribution is -2.46. The van der Waals surface area contributed by atoms with Gasteiger partial charge in [-0.1, -0.05) is 30.3 Å². The van der Waals surface area contributed by atoms with Crippen LogP contribution in [0.4, 0.5) is 0 Å². The fourth-order valence-corrected chi connectivity index (χ4v) is 5.82. The van der Waals surface area contributed by atoms with Crippen molar-refractivity contribution in [1.29, 1.82) is 0 Å². The maximum Gasteiger partial charge on any atom is 0.314 e. The van der Waals surface area contributed by atoms with Crippen molar-refractivity contribution in [1.82, 2.24) is 9.78 Å². The van der Waals surface area contributed by atoms with Crippen molar-refractivity contribution in [3.8, 4) is 17.0 Å². The highest BCUT2D eigenvalue weighted by molar-refractivity contribution is 5.81. The number of hydrogen-bond donors (Lipinski definition) is 1. The smallest absolute Gasteiger partial charge is 0.314 e. The van der Waals surface area contributed by atoms with Crippen LogP contribution in [0.25, 0.3) is 11.3 Å². The van der Waals surface area contributed by atoms with Crippen molar-refractivity contribution >= 4 is 5.97 Å². The molecule has 3 aliphatic carbocycles. The summed E-state index contributed by atoms with van der Waals surface area (Å²) in [5.41, 5.74) is 2.59. The van der Waals surface area contributed by atoms with E-state index < -0.39 is 17.0 Å². The number of nitrogens with zero attached hydrogens (tertiary/aromatic N) is 2. The number of hydrogen-bond acceptors (Lipinski definition) is 4. The molecule has 6 heteroatoms. The van der Waals surface area contributed by atoms with Gasteiger partial charge < -0.3 is 14.6 Å². The molecule has 1 aromatic heterocycles. The van der Waals surface area contributed by atoms with E-state index in [2.05, 4.69) is 22.9 Å². The summed E-state index contributed by atoms with van der Waals surface area (Å²) in [5, 5.41) is 15.6. The highest BCUT2D eigenvalue weighted by Crippen LogP contribution is 2.50. The maximum atomic E-state index is 12.7. The van der Waals surface area contributed by atoms with Crippen molar-refractivity contribution in [3.05, 3.63) is 71.9 Å². The highest BCUT2D eigenvalue weighted by Gasteiger charge is 2.51. The molecule has 6 nitrogen and oxygen atoms in total. The molecule has 0 amide bonds. The van der Waals surface area contributed by atoms with Crippen LogP contribution in [0.15, 0.2) is 60.7 Å². The molecule has 6 rings (SSSR count). The van der Waals surface area contributed by atoms with Crippen LogP contribution in [0.3, 0.4) is 0 Å². The van der Waals surface area contributed by atoms with Crippen LogP contribution in [0.2, 0.25) is 0 Å². The minimum absolute atomic E-state index is 0.532. The first-order valence-corrected chi connectivity index (χ1v) is 13.7. The Labute approximate surface area is 218 Å². The molecule has 3 aromatic rings. The van der Waals surface area contributed by atoms with Crippen LogP contribution in [0.5, 0.6) is 5.75 Å². The van der Waals surface area contributed by atoms with Gasteiger partial charge in [0.05, 0.1) is 30.5 Å². The lowest BCUT2D eigenvalue weighted by molar-refractivity contribution is -0.151. The second-order valence-corrected chi connectivity index (χ2v) is 11.3. The average Bonchev–Trinajstić information content (AvgIpc) is 3.87. The molecule has 3 saturated carbocycles. The predicted molar refractivity (Wildman–Crippen MR) is 142 cm³/mol. The van der Waals surface area contributed by atoms with E-state index >= 15 is 0 Å². The zero-order valence-corrected chi connectivity index (χ0v) is 21.6. The Morgan fingerprint density at radius 3 is 2.24 bits per heavy atom. The van der Waals surface area contributed by atoms with Crippen LogP contribution < -0.4 is 4.74 Å². The normalized spacial score (nSPS) is 25.6. The summed E-state index contributed by atoms with van der Waals surface area (Å²) in [7, 11) is 1.68. The van der Waals surface area contributed by atoms with Gasteiger partial charge in [0.1, 0.15) is 11.4 Å². The first-order valence-electron chi connectivity index (χ1n) is 13.7. The first kappa shape index (κ1) is 24.2. The zero-order valence-electron chi connectivity index (χ0n) is 21.6. The summed E-state index contributed by atoms with van der Waals surface area (Å²) in [4.78, 5) is 12.7. The van der Waals surface area contributed by atoms with Crippen LogP contribution in [0.1, 0.15) is 62.6 Å². The van der Waals surface area contributed by atoms with Crippen LogP contribution in [-0.2, 0) is 27.1 Å². The Bertz CT molecular complexity index is 1230. The number of carboxylic acid groups (broad SMARTS) is 1. The molecule has 0 spiro atoms. The molecule has 1 heterocycles. The van der Waals surface area contributed by atoms with Gasteiger partial charge in [0.2, 0.25) is 0 Å². The van der Waals surface area contributed by atoms with Gasteiger partial charge >= 0.3 is 5.97 Å². The first-order chi connectivity index (χ1) is 18.0. The van der Waals surface area contributed by atoms with Gasteiger partial charge in [-0.3, -0.25) is 9.48 Å². The minimum Gasteiger partial charge on any atom is -0.497 e. The van der Waals surface area contributed by atoms with E-state index in [1.807, 2.05) is 42.5 Å². The Morgan fingerprint density at radius 2 is 1.65 bits per heavy atom. The van der Waals surface area contributed by atoms with Gasteiger partial charge in [-0.2, -0.15) is 5.10 Å². The fourth-order valence-electron chi connectivity index (χ4n) is 5.82. The lowest BCUT2D eigenvalue weighted by Gasteiger charge is -2.44. The quantitative estimate of drug-likeness (QED) is 0.359. The van der Waals surface area contributed by atoms with Gasteiger partial charge in [0.25, 0.3) is 0 Å². The molecule has 0 atom stereocenters. The van der Waals surface area contributed by atoms with E-state index in [9.17, 15) is 9.90 Å². The zero-order chi connectivity index (χ0) is 25.5. The second-order valence-electron chi connectivity index (χ2n) is 11.3. The molecule has 37 heavy (non-hydrogen) atoms. The fraction of sp³-hybridized carbons (Fsp3) is 0.484. The van der Waals surface area contributed by atoms with Crippen molar-refractivity contribution in [2.45, 2.75) is 68.9 Å². The monoisotopic (exact) mass is 500 g/mol. The molecule has 3 fully saturated rings. The molecule has 0 aliphatic heterocycles. The van der Waals surface area contributed by atoms with E-state index in [0.717, 1.165) is 41.4 Å². The third kappa shape index (κ3) is 4.79. The van der Waals surface area contributed by atoms with Crippen LogP contribution in [0, 0.1) is 11.8 Å². The van der Waals surface area contributed by atoms with Gasteiger partial charge in [0, 0.05) is 12.1 Å². The standard InChI is InChI=1S/C31H36N2O4/c1-36-26-13-11-24(12-14-26)27-19-28(32-33(27)20-22-7-8-22)31(37-21-23-9-10-23)17-15-30(16-18-31,29(34)35)25-5-3-2-4-6-25/h2-6,11-14,19,22-23H,7-10,15-18,20-21H2,1H3,(H,34,35)/t30-,31-. The number of carbonyl (C=O) groups is 1. The van der Waals surface area contributed by atoms with Gasteiger partial charge in [0.15, 0.2) is 0 Å². The number of methoxy groups -OCH3 is 1. The topological polar surface area (TPSA) is 73.6 Å². The molecule has 2 aromatic carbocycles. The molecule has 194 valence electrons. The molecule has 1 N–H and O–H groups in total. The lowest BCUT2D eigenvalue weighted by atomic mass is 9.64. The second kappa shape index (κ2) is 9.64. The van der Waals surface area contributed by atoms with E-state index in [0.29, 0.717) is 37.5 Å². The van der Waals surface area contributed by atoms with Crippen molar-refractivity contribution < 1.29 is 19.4 Å². The number of aliphatic carboxylic acids is 1. The van der Waals surface area contributed by atoms with Gasteiger partial charge in [-0.25, -0.2) is 0 Å². The molecule has 0 unspecified atom stereocenters. The van der Waals surface area contributed by atoms with E-state index in [-0.39, 0.29) is 0 Å². The maximum absolute atomic E-state index is 12.7. The Balaban J connectivity index is 1.36. The largest absolute Gasteiger partial charge is 0.497 e. The Hall–Kier alpha value is -3.12. The third-order valence-electron chi connectivity index (χ3n) is 8.70. The van der Waals surface area contributed by atoms with E-state index in [4.69, 9.17) is 14.6 Å². The summed E-state index contributed by atoms with van der Waals surface area (Å²) in [6.07, 6.45) is 7.28. The molecular weight excluding hydrogens is 464 g/mol. The summed E-state index contributed by atoms with van der Waals surface area (Å²) in [6, 6.07) is 20.1. The van der Waals surface area contributed by atoms with Crippen molar-refractivity contribution in [2.24, 2.45) is 11.8 Å².